The Balaban J connectivity index is 1.42. The lowest BCUT2D eigenvalue weighted by Gasteiger charge is -2.50. The van der Waals surface area contributed by atoms with Crippen LogP contribution in [0.5, 0.6) is 0 Å². The van der Waals surface area contributed by atoms with E-state index < -0.39 is 196 Å². The first kappa shape index (κ1) is 52.5. The fraction of sp³-hybridized carbons (Fsp3) is 0.853. The molecule has 0 unspecified atom stereocenters. The molecule has 17 N–H and O–H groups in total. The van der Waals surface area contributed by atoms with Crippen molar-refractivity contribution in [2.75, 3.05) is 13.2 Å². The van der Waals surface area contributed by atoms with Crippen LogP contribution in [0, 0.1) is 0 Å². The van der Waals surface area contributed by atoms with Crippen molar-refractivity contribution in [2.24, 2.45) is 0 Å². The van der Waals surface area contributed by atoms with Gasteiger partial charge in [-0.1, -0.05) is 0 Å². The Morgan fingerprint density at radius 1 is 0.415 bits per heavy atom. The molecule has 0 aliphatic carbocycles. The minimum absolute atomic E-state index is 0.925. The standard InChI is InChI=1S/C34H52N2O29/c1-5(39)35-9-20(60-33-18(48)13(43)14(44)24(64-33)27(50)51)11(41)7(3-37)58-32(9)63-23-16(46)19(49)34(65-26(23)29(54)55)61-21-10(36-6(2)40)31(57-8(4-38)12(21)42)62-22-15(45)17(47)30(56)59-25(22)28(52)53/h7-26,30-34,37-38,41-49,56H,3-4H2,1-2H3,(H,35,39)(H,36,40)(H,50,51)(H,52,53)(H,54,55)/t7-,8-,9-,10-,11-,12-,13+,14+,15-,16-,17-,18-,19-,20-,21-,22+,23+,24+,25+,26+,30-,31+,32+,33-,34-/m1/s1. The van der Waals surface area contributed by atoms with Crippen molar-refractivity contribution in [2.45, 2.75) is 167 Å². The summed E-state index contributed by atoms with van der Waals surface area (Å²) in [4.78, 5) is 61.3. The average molecular weight is 953 g/mol. The van der Waals surface area contributed by atoms with Crippen LogP contribution < -0.4 is 10.6 Å². The van der Waals surface area contributed by atoms with Crippen LogP contribution in [-0.2, 0) is 66.6 Å². The molecule has 25 atom stereocenters. The van der Waals surface area contributed by atoms with Gasteiger partial charge in [0, 0.05) is 13.8 Å². The number of carboxylic acids is 3. The van der Waals surface area contributed by atoms with Crippen molar-refractivity contribution in [3.63, 3.8) is 0 Å². The lowest BCUT2D eigenvalue weighted by Crippen LogP contribution is -2.71. The molecule has 5 heterocycles. The zero-order valence-electron chi connectivity index (χ0n) is 33.8. The van der Waals surface area contributed by atoms with Crippen LogP contribution in [0.2, 0.25) is 0 Å². The van der Waals surface area contributed by atoms with Gasteiger partial charge >= 0.3 is 17.9 Å². The molecule has 0 radical (unpaired) electrons. The highest BCUT2D eigenvalue weighted by molar-refractivity contribution is 5.75. The van der Waals surface area contributed by atoms with Crippen molar-refractivity contribution >= 4 is 29.7 Å². The van der Waals surface area contributed by atoms with Gasteiger partial charge in [0.25, 0.3) is 0 Å². The van der Waals surface area contributed by atoms with Gasteiger partial charge in [0.2, 0.25) is 11.8 Å². The maximum Gasteiger partial charge on any atom is 0.335 e. The maximum atomic E-state index is 12.7. The Morgan fingerprint density at radius 3 is 1.15 bits per heavy atom. The monoisotopic (exact) mass is 952 g/mol. The highest BCUT2D eigenvalue weighted by Crippen LogP contribution is 2.36. The van der Waals surface area contributed by atoms with Crippen LogP contribution in [0.25, 0.3) is 0 Å². The number of carbonyl (C=O) groups is 5. The molecular weight excluding hydrogens is 900 g/mol. The Morgan fingerprint density at radius 2 is 0.769 bits per heavy atom. The number of ether oxygens (including phenoxy) is 9. The molecule has 5 fully saturated rings. The molecule has 2 amide bonds. The summed E-state index contributed by atoms with van der Waals surface area (Å²) in [7, 11) is 0. The van der Waals surface area contributed by atoms with Gasteiger partial charge in [-0.25, -0.2) is 14.4 Å². The number of rotatable bonds is 15. The third kappa shape index (κ3) is 11.1. The van der Waals surface area contributed by atoms with Gasteiger partial charge < -0.3 is 130 Å². The van der Waals surface area contributed by atoms with E-state index in [0.717, 1.165) is 13.8 Å². The average Bonchev–Trinajstić information content (AvgIpc) is 3.23. The van der Waals surface area contributed by atoms with Crippen molar-refractivity contribution in [1.29, 1.82) is 0 Å². The predicted molar refractivity (Wildman–Crippen MR) is 191 cm³/mol. The van der Waals surface area contributed by atoms with E-state index >= 15 is 0 Å². The number of carboxylic acid groups (broad SMARTS) is 3. The van der Waals surface area contributed by atoms with Crippen LogP contribution in [0.1, 0.15) is 13.8 Å². The Bertz CT molecular complexity index is 1680. The number of aliphatic hydroxyl groups is 12. The van der Waals surface area contributed by atoms with E-state index in [4.69, 9.17) is 42.6 Å². The lowest BCUT2D eigenvalue weighted by atomic mass is 9.93. The van der Waals surface area contributed by atoms with Crippen molar-refractivity contribution in [3.8, 4) is 0 Å². The van der Waals surface area contributed by atoms with E-state index in [-0.39, 0.29) is 0 Å². The fourth-order valence-corrected chi connectivity index (χ4v) is 7.75. The smallest absolute Gasteiger partial charge is 0.335 e. The Labute approximate surface area is 364 Å². The minimum Gasteiger partial charge on any atom is -0.479 e. The molecule has 0 aromatic rings. The highest BCUT2D eigenvalue weighted by Gasteiger charge is 2.59. The molecule has 31 heteroatoms. The van der Waals surface area contributed by atoms with E-state index in [1.54, 1.807) is 0 Å². The molecule has 0 spiro atoms. The lowest BCUT2D eigenvalue weighted by molar-refractivity contribution is -0.374. The van der Waals surface area contributed by atoms with Gasteiger partial charge in [0.15, 0.2) is 49.8 Å². The molecule has 5 aliphatic rings. The van der Waals surface area contributed by atoms with E-state index in [0.29, 0.717) is 0 Å². The van der Waals surface area contributed by atoms with Gasteiger partial charge in [-0.05, 0) is 0 Å². The Kier molecular flexibility index (Phi) is 17.5. The molecule has 0 aromatic heterocycles. The molecule has 65 heavy (non-hydrogen) atoms. The molecule has 5 aliphatic heterocycles. The van der Waals surface area contributed by atoms with Crippen molar-refractivity contribution in [1.82, 2.24) is 10.6 Å². The quantitative estimate of drug-likeness (QED) is 0.0725. The van der Waals surface area contributed by atoms with Gasteiger partial charge in [-0.3, -0.25) is 9.59 Å². The van der Waals surface area contributed by atoms with E-state index in [9.17, 15) is 101 Å². The summed E-state index contributed by atoms with van der Waals surface area (Å²) >= 11 is 0. The summed E-state index contributed by atoms with van der Waals surface area (Å²) in [6, 6.07) is -3.77. The summed E-state index contributed by atoms with van der Waals surface area (Å²) in [6.45, 7) is -0.308. The van der Waals surface area contributed by atoms with Crippen LogP contribution in [-0.4, -0.2) is 273 Å². The molecular formula is C34H52N2O29. The molecule has 5 saturated heterocycles. The summed E-state index contributed by atoms with van der Waals surface area (Å²) in [5.74, 6) is -7.49. The number of hydrogen-bond donors (Lipinski definition) is 17. The summed E-state index contributed by atoms with van der Waals surface area (Å²) in [6.07, 6.45) is -49.9. The van der Waals surface area contributed by atoms with Crippen LogP contribution >= 0.6 is 0 Å². The number of aliphatic hydroxyl groups excluding tert-OH is 12. The zero-order chi connectivity index (χ0) is 48.5. The molecule has 0 saturated carbocycles. The number of amides is 2. The first-order chi connectivity index (χ1) is 30.4. The third-order valence-corrected chi connectivity index (χ3v) is 11.0. The van der Waals surface area contributed by atoms with E-state index in [1.807, 2.05) is 0 Å². The first-order valence-electron chi connectivity index (χ1n) is 19.6. The van der Waals surface area contributed by atoms with E-state index in [2.05, 4.69) is 10.6 Å². The topological polar surface area (TPSA) is 496 Å². The SMILES string of the molecule is CC(=O)N[C@H]1[C@H](O[C@H]2[C@H](O)[C@@H](O)[C@H](O[C@H]3[C@H](O)[C@@H](CO)O[C@@H](O[C@H]4[C@H](O)[C@@H](O)[C@H](O)O[C@@H]4C(=O)O)[C@@H]3NC(C)=O)O[C@@H]2C(=O)O)O[C@H](CO)[C@@H](O)[C@@H]1O[C@@H]1O[C@H](C(=O)O)[C@@H](O)[C@H](O)[C@H]1O. The molecule has 31 nitrogen and oxygen atoms in total. The number of carbonyl (C=O) groups excluding carboxylic acids is 2. The molecule has 0 aromatic carbocycles. The van der Waals surface area contributed by atoms with Gasteiger partial charge in [-0.15, -0.1) is 0 Å². The second-order valence-electron chi connectivity index (χ2n) is 15.5. The Hall–Kier alpha value is -3.49. The summed E-state index contributed by atoms with van der Waals surface area (Å²) in [5, 5.41) is 161. The maximum absolute atomic E-state index is 12.7. The first-order valence-corrected chi connectivity index (χ1v) is 19.6. The largest absolute Gasteiger partial charge is 0.479 e. The number of hydrogen-bond acceptors (Lipinski definition) is 26. The minimum atomic E-state index is -2.46. The van der Waals surface area contributed by atoms with Crippen molar-refractivity contribution in [3.05, 3.63) is 0 Å². The molecule has 0 bridgehead atoms. The summed E-state index contributed by atoms with van der Waals surface area (Å²) in [5.41, 5.74) is 0. The molecule has 372 valence electrons. The predicted octanol–water partition coefficient (Wildman–Crippen LogP) is -11.4. The van der Waals surface area contributed by atoms with Gasteiger partial charge in [-0.2, -0.15) is 0 Å². The number of nitrogens with one attached hydrogen (secondary N) is 2. The van der Waals surface area contributed by atoms with Gasteiger partial charge in [0.1, 0.15) is 104 Å². The van der Waals surface area contributed by atoms with Crippen LogP contribution in [0.4, 0.5) is 0 Å². The zero-order valence-corrected chi connectivity index (χ0v) is 33.8. The van der Waals surface area contributed by atoms with Crippen LogP contribution in [0.3, 0.4) is 0 Å². The molecule has 5 rings (SSSR count). The highest BCUT2D eigenvalue weighted by atomic mass is 16.8. The summed E-state index contributed by atoms with van der Waals surface area (Å²) < 4.78 is 49.3. The van der Waals surface area contributed by atoms with Gasteiger partial charge in [0.05, 0.1) is 13.2 Å². The normalized spacial score (nSPS) is 47.0. The van der Waals surface area contributed by atoms with E-state index in [1.165, 1.54) is 0 Å². The second-order valence-corrected chi connectivity index (χ2v) is 15.5. The fourth-order valence-electron chi connectivity index (χ4n) is 7.75. The number of aliphatic carboxylic acids is 3. The second kappa shape index (κ2) is 21.6. The third-order valence-electron chi connectivity index (χ3n) is 11.0. The van der Waals surface area contributed by atoms with Crippen molar-refractivity contribution < 1.29 is 143 Å². The van der Waals surface area contributed by atoms with Crippen LogP contribution in [0.15, 0.2) is 0 Å².